The van der Waals surface area contributed by atoms with Crippen LogP contribution in [0.2, 0.25) is 5.02 Å². The number of hydrogen-bond acceptors (Lipinski definition) is 3. The maximum absolute atomic E-state index is 13.5. The van der Waals surface area contributed by atoms with Gasteiger partial charge in [0.1, 0.15) is 16.5 Å². The van der Waals surface area contributed by atoms with E-state index in [2.05, 4.69) is 5.32 Å². The third-order valence-electron chi connectivity index (χ3n) is 3.91. The highest BCUT2D eigenvalue weighted by Crippen LogP contribution is 2.32. The van der Waals surface area contributed by atoms with Gasteiger partial charge in [-0.25, -0.2) is 17.2 Å². The van der Waals surface area contributed by atoms with Crippen LogP contribution < -0.4 is 5.32 Å². The minimum absolute atomic E-state index is 0.0482. The van der Waals surface area contributed by atoms with Crippen molar-refractivity contribution in [2.45, 2.75) is 10.9 Å². The average Bonchev–Trinajstić information content (AvgIpc) is 2.57. The zero-order chi connectivity index (χ0) is 17.3. The quantitative estimate of drug-likeness (QED) is 0.901. The van der Waals surface area contributed by atoms with Crippen LogP contribution in [-0.2, 0) is 10.0 Å². The monoisotopic (exact) mass is 372 g/mol. The average molecular weight is 373 g/mol. The molecule has 1 N–H and O–H groups in total. The first-order chi connectivity index (χ1) is 11.4. The lowest BCUT2D eigenvalue weighted by Gasteiger charge is -2.35. The van der Waals surface area contributed by atoms with E-state index in [9.17, 15) is 17.2 Å². The molecule has 3 rings (SSSR count). The van der Waals surface area contributed by atoms with Crippen molar-refractivity contribution < 1.29 is 17.2 Å². The molecule has 0 aliphatic carbocycles. The first-order valence-corrected chi connectivity index (χ1v) is 9.14. The molecule has 0 saturated carbocycles. The van der Waals surface area contributed by atoms with Gasteiger partial charge in [-0.1, -0.05) is 23.7 Å². The summed E-state index contributed by atoms with van der Waals surface area (Å²) in [6, 6.07) is 8.40. The molecule has 24 heavy (non-hydrogen) atoms. The van der Waals surface area contributed by atoms with Gasteiger partial charge in [0.05, 0.1) is 11.1 Å². The molecule has 2 aromatic carbocycles. The number of sulfonamides is 1. The highest BCUT2D eigenvalue weighted by atomic mass is 35.5. The van der Waals surface area contributed by atoms with E-state index in [0.29, 0.717) is 18.7 Å². The van der Waals surface area contributed by atoms with Crippen LogP contribution >= 0.6 is 11.6 Å². The molecule has 1 fully saturated rings. The molecular weight excluding hydrogens is 358 g/mol. The fourth-order valence-corrected chi connectivity index (χ4v) is 4.87. The van der Waals surface area contributed by atoms with Crippen LogP contribution in [0.4, 0.5) is 8.78 Å². The normalized spacial score (nSPS) is 19.4. The van der Waals surface area contributed by atoms with Gasteiger partial charge in [-0.05, 0) is 35.9 Å². The summed E-state index contributed by atoms with van der Waals surface area (Å²) in [7, 11) is -4.03. The van der Waals surface area contributed by atoms with Crippen molar-refractivity contribution in [3.8, 4) is 0 Å². The van der Waals surface area contributed by atoms with Crippen molar-refractivity contribution in [2.75, 3.05) is 19.6 Å². The molecule has 1 heterocycles. The van der Waals surface area contributed by atoms with Crippen LogP contribution in [0.25, 0.3) is 0 Å². The van der Waals surface area contributed by atoms with Crippen molar-refractivity contribution in [2.24, 2.45) is 0 Å². The number of piperazine rings is 1. The lowest BCUT2D eigenvalue weighted by Crippen LogP contribution is -2.48. The lowest BCUT2D eigenvalue weighted by atomic mass is 10.1. The van der Waals surface area contributed by atoms with Gasteiger partial charge in [-0.3, -0.25) is 0 Å². The minimum Gasteiger partial charge on any atom is -0.313 e. The van der Waals surface area contributed by atoms with Crippen LogP contribution in [0.1, 0.15) is 11.6 Å². The Morgan fingerprint density at radius 1 is 1.12 bits per heavy atom. The topological polar surface area (TPSA) is 49.4 Å². The molecule has 4 nitrogen and oxygen atoms in total. The van der Waals surface area contributed by atoms with Gasteiger partial charge in [0.15, 0.2) is 0 Å². The first kappa shape index (κ1) is 17.3. The third-order valence-corrected chi connectivity index (χ3v) is 6.30. The van der Waals surface area contributed by atoms with Crippen molar-refractivity contribution in [3.05, 3.63) is 64.7 Å². The van der Waals surface area contributed by atoms with Gasteiger partial charge >= 0.3 is 0 Å². The summed E-state index contributed by atoms with van der Waals surface area (Å²) in [6.45, 7) is 0.948. The Hall–Kier alpha value is -1.54. The Morgan fingerprint density at radius 3 is 2.62 bits per heavy atom. The molecule has 0 spiro atoms. The van der Waals surface area contributed by atoms with Crippen LogP contribution in [0, 0.1) is 11.6 Å². The molecular formula is C16H15ClF2N2O2S. The number of hydrogen-bond donors (Lipinski definition) is 1. The molecule has 1 atom stereocenters. The van der Waals surface area contributed by atoms with Crippen LogP contribution in [0.15, 0.2) is 47.4 Å². The Balaban J connectivity index is 2.05. The van der Waals surface area contributed by atoms with E-state index in [1.54, 1.807) is 6.07 Å². The fourth-order valence-electron chi connectivity index (χ4n) is 2.77. The molecule has 0 aromatic heterocycles. The van der Waals surface area contributed by atoms with Crippen molar-refractivity contribution in [3.63, 3.8) is 0 Å². The smallest absolute Gasteiger partial charge is 0.245 e. The summed E-state index contributed by atoms with van der Waals surface area (Å²) in [4.78, 5) is -0.285. The fraction of sp³-hybridized carbons (Fsp3) is 0.250. The Labute approximate surface area is 144 Å². The molecule has 1 aliphatic heterocycles. The van der Waals surface area contributed by atoms with E-state index in [-0.39, 0.29) is 16.5 Å². The molecule has 8 heteroatoms. The number of rotatable bonds is 3. The second kappa shape index (κ2) is 6.76. The number of benzene rings is 2. The molecule has 128 valence electrons. The van der Waals surface area contributed by atoms with E-state index < -0.39 is 27.7 Å². The van der Waals surface area contributed by atoms with E-state index in [1.165, 1.54) is 28.6 Å². The van der Waals surface area contributed by atoms with Gasteiger partial charge < -0.3 is 5.32 Å². The standard InChI is InChI=1S/C16H15ClF2N2O2S/c17-14-5-4-13(19)9-16(14)24(22,23)21-7-6-20-10-15(21)11-2-1-3-12(18)8-11/h1-5,8-9,15,20H,6-7,10H2. The van der Waals surface area contributed by atoms with Crippen molar-refractivity contribution in [1.29, 1.82) is 0 Å². The summed E-state index contributed by atoms with van der Waals surface area (Å²) < 4.78 is 54.2. The second-order valence-electron chi connectivity index (χ2n) is 5.47. The number of nitrogens with one attached hydrogen (secondary N) is 1. The molecule has 1 saturated heterocycles. The zero-order valence-electron chi connectivity index (χ0n) is 12.5. The van der Waals surface area contributed by atoms with Crippen LogP contribution in [0.5, 0.6) is 0 Å². The Morgan fingerprint density at radius 2 is 1.88 bits per heavy atom. The molecule has 0 bridgehead atoms. The summed E-state index contributed by atoms with van der Waals surface area (Å²) in [5, 5.41) is 3.05. The first-order valence-electron chi connectivity index (χ1n) is 7.32. The zero-order valence-corrected chi connectivity index (χ0v) is 14.1. The SMILES string of the molecule is O=S(=O)(c1cc(F)ccc1Cl)N1CCNCC1c1cccc(F)c1. The van der Waals surface area contributed by atoms with E-state index in [0.717, 1.165) is 12.1 Å². The minimum atomic E-state index is -4.03. The van der Waals surface area contributed by atoms with Crippen LogP contribution in [0.3, 0.4) is 0 Å². The summed E-state index contributed by atoms with van der Waals surface area (Å²) in [5.74, 6) is -1.13. The Kier molecular flexibility index (Phi) is 4.87. The van der Waals surface area contributed by atoms with E-state index >= 15 is 0 Å². The summed E-state index contributed by atoms with van der Waals surface area (Å²) in [5.41, 5.74) is 0.526. The Bertz CT molecular complexity index is 861. The molecule has 0 amide bonds. The third kappa shape index (κ3) is 3.30. The lowest BCUT2D eigenvalue weighted by molar-refractivity contribution is 0.271. The molecule has 1 aliphatic rings. The largest absolute Gasteiger partial charge is 0.313 e. The predicted octanol–water partition coefficient (Wildman–Crippen LogP) is 2.95. The highest BCUT2D eigenvalue weighted by molar-refractivity contribution is 7.89. The molecule has 1 unspecified atom stereocenters. The second-order valence-corrected chi connectivity index (χ2v) is 7.73. The van der Waals surface area contributed by atoms with Gasteiger partial charge in [0.2, 0.25) is 10.0 Å². The number of nitrogens with zero attached hydrogens (tertiary/aromatic N) is 1. The molecule has 0 radical (unpaired) electrons. The predicted molar refractivity (Wildman–Crippen MR) is 87.3 cm³/mol. The van der Waals surface area contributed by atoms with Gasteiger partial charge in [-0.2, -0.15) is 4.31 Å². The highest BCUT2D eigenvalue weighted by Gasteiger charge is 2.35. The van der Waals surface area contributed by atoms with Gasteiger partial charge in [0.25, 0.3) is 0 Å². The van der Waals surface area contributed by atoms with E-state index in [4.69, 9.17) is 11.6 Å². The summed E-state index contributed by atoms with van der Waals surface area (Å²) >= 11 is 5.97. The maximum Gasteiger partial charge on any atom is 0.245 e. The number of halogens is 3. The van der Waals surface area contributed by atoms with Crippen molar-refractivity contribution >= 4 is 21.6 Å². The van der Waals surface area contributed by atoms with Gasteiger partial charge in [-0.15, -0.1) is 0 Å². The molecule has 2 aromatic rings. The van der Waals surface area contributed by atoms with E-state index in [1.807, 2.05) is 0 Å². The van der Waals surface area contributed by atoms with Crippen LogP contribution in [-0.4, -0.2) is 32.4 Å². The van der Waals surface area contributed by atoms with Crippen molar-refractivity contribution in [1.82, 2.24) is 9.62 Å². The maximum atomic E-state index is 13.5. The van der Waals surface area contributed by atoms with Gasteiger partial charge in [0, 0.05) is 19.6 Å². The summed E-state index contributed by atoms with van der Waals surface area (Å²) in [6.07, 6.45) is 0.